The van der Waals surface area contributed by atoms with Gasteiger partial charge in [0.15, 0.2) is 0 Å². The Morgan fingerprint density at radius 1 is 0.862 bits per heavy atom. The van der Waals surface area contributed by atoms with Gasteiger partial charge in [-0.3, -0.25) is 9.69 Å². The minimum absolute atomic E-state index is 0.731. The van der Waals surface area contributed by atoms with Gasteiger partial charge in [0.2, 0.25) is 0 Å². The van der Waals surface area contributed by atoms with E-state index in [-0.39, 0.29) is 0 Å². The highest BCUT2D eigenvalue weighted by molar-refractivity contribution is 7.98. The highest BCUT2D eigenvalue weighted by atomic mass is 32.2. The van der Waals surface area contributed by atoms with Gasteiger partial charge >= 0.3 is 0 Å². The Morgan fingerprint density at radius 3 is 2.21 bits per heavy atom. The molecule has 148 valence electrons. The SMILES string of the molecule is CSc1ccc(-c2ccccc2CN2CCN(c3ccc(C=O)cc3)CC2)cc1. The number of hydrogen-bond acceptors (Lipinski definition) is 4. The molecular weight excluding hydrogens is 376 g/mol. The summed E-state index contributed by atoms with van der Waals surface area (Å²) < 4.78 is 0. The van der Waals surface area contributed by atoms with Gasteiger partial charge in [-0.15, -0.1) is 11.8 Å². The van der Waals surface area contributed by atoms with E-state index in [2.05, 4.69) is 64.6 Å². The fourth-order valence-corrected chi connectivity index (χ4v) is 4.29. The Kier molecular flexibility index (Phi) is 6.33. The molecule has 0 saturated carbocycles. The van der Waals surface area contributed by atoms with Gasteiger partial charge in [-0.05, 0) is 59.3 Å². The van der Waals surface area contributed by atoms with Crippen molar-refractivity contribution < 1.29 is 4.79 Å². The van der Waals surface area contributed by atoms with Gasteiger partial charge in [0, 0.05) is 48.9 Å². The molecule has 0 aliphatic carbocycles. The number of piperazine rings is 1. The third-order valence-electron chi connectivity index (χ3n) is 5.58. The molecule has 0 bridgehead atoms. The minimum atomic E-state index is 0.731. The Bertz CT molecular complexity index is 945. The van der Waals surface area contributed by atoms with Crippen LogP contribution >= 0.6 is 11.8 Å². The lowest BCUT2D eigenvalue weighted by Gasteiger charge is -2.36. The first-order valence-corrected chi connectivity index (χ1v) is 11.2. The summed E-state index contributed by atoms with van der Waals surface area (Å²) in [5.74, 6) is 0. The number of nitrogens with zero attached hydrogens (tertiary/aromatic N) is 2. The molecule has 0 unspecified atom stereocenters. The Hall–Kier alpha value is -2.56. The summed E-state index contributed by atoms with van der Waals surface area (Å²) in [5.41, 5.74) is 5.92. The van der Waals surface area contributed by atoms with E-state index in [9.17, 15) is 4.79 Å². The number of carbonyl (C=O) groups is 1. The predicted molar refractivity (Wildman–Crippen MR) is 123 cm³/mol. The van der Waals surface area contributed by atoms with Gasteiger partial charge in [-0.1, -0.05) is 36.4 Å². The Labute approximate surface area is 177 Å². The average Bonchev–Trinajstić information content (AvgIpc) is 2.80. The van der Waals surface area contributed by atoms with Crippen LogP contribution in [0.1, 0.15) is 15.9 Å². The molecule has 3 aromatic rings. The van der Waals surface area contributed by atoms with E-state index in [0.29, 0.717) is 0 Å². The molecule has 4 heteroatoms. The van der Waals surface area contributed by atoms with Crippen molar-refractivity contribution >= 4 is 23.7 Å². The molecular formula is C25H26N2OS. The van der Waals surface area contributed by atoms with E-state index >= 15 is 0 Å². The van der Waals surface area contributed by atoms with Crippen molar-refractivity contribution in [3.05, 3.63) is 83.9 Å². The van der Waals surface area contributed by atoms with Crippen LogP contribution in [0.4, 0.5) is 5.69 Å². The van der Waals surface area contributed by atoms with Crippen LogP contribution in [0, 0.1) is 0 Å². The zero-order valence-corrected chi connectivity index (χ0v) is 17.6. The second-order valence-electron chi connectivity index (χ2n) is 7.36. The summed E-state index contributed by atoms with van der Waals surface area (Å²) in [6, 6.07) is 25.5. The van der Waals surface area contributed by atoms with Crippen LogP contribution in [0.15, 0.2) is 77.7 Å². The predicted octanol–water partition coefficient (Wildman–Crippen LogP) is 5.21. The quantitative estimate of drug-likeness (QED) is 0.417. The topological polar surface area (TPSA) is 23.6 Å². The molecule has 0 amide bonds. The summed E-state index contributed by atoms with van der Waals surface area (Å²) in [7, 11) is 0. The van der Waals surface area contributed by atoms with Crippen LogP contribution < -0.4 is 4.90 Å². The van der Waals surface area contributed by atoms with E-state index < -0.39 is 0 Å². The standard InChI is InChI=1S/C25H26N2OS/c1-29-24-12-8-21(9-13-24)25-5-3-2-4-22(25)18-26-14-16-27(17-15-26)23-10-6-20(19-28)7-11-23/h2-13,19H,14-18H2,1H3. The van der Waals surface area contributed by atoms with E-state index in [1.807, 2.05) is 24.3 Å². The van der Waals surface area contributed by atoms with Gasteiger partial charge in [-0.2, -0.15) is 0 Å². The summed E-state index contributed by atoms with van der Waals surface area (Å²) in [6.07, 6.45) is 3.01. The van der Waals surface area contributed by atoms with E-state index in [1.54, 1.807) is 11.8 Å². The summed E-state index contributed by atoms with van der Waals surface area (Å²) >= 11 is 1.78. The third kappa shape index (κ3) is 4.72. The van der Waals surface area contributed by atoms with Crippen LogP contribution in [0.2, 0.25) is 0 Å². The first-order chi connectivity index (χ1) is 14.3. The molecule has 1 saturated heterocycles. The van der Waals surface area contributed by atoms with Crippen molar-refractivity contribution in [3.8, 4) is 11.1 Å². The molecule has 0 radical (unpaired) electrons. The van der Waals surface area contributed by atoms with E-state index in [4.69, 9.17) is 0 Å². The Morgan fingerprint density at radius 2 is 1.55 bits per heavy atom. The van der Waals surface area contributed by atoms with Gasteiger partial charge in [0.05, 0.1) is 0 Å². The fourth-order valence-electron chi connectivity index (χ4n) is 3.88. The maximum absolute atomic E-state index is 10.9. The number of carbonyl (C=O) groups excluding carboxylic acids is 1. The van der Waals surface area contributed by atoms with Crippen LogP contribution in [0.5, 0.6) is 0 Å². The fraction of sp³-hybridized carbons (Fsp3) is 0.240. The highest BCUT2D eigenvalue weighted by Gasteiger charge is 2.18. The molecule has 29 heavy (non-hydrogen) atoms. The van der Waals surface area contributed by atoms with Crippen LogP contribution in [-0.4, -0.2) is 43.6 Å². The smallest absolute Gasteiger partial charge is 0.150 e. The monoisotopic (exact) mass is 402 g/mol. The normalized spacial score (nSPS) is 14.7. The zero-order chi connectivity index (χ0) is 20.1. The van der Waals surface area contributed by atoms with E-state index in [1.165, 1.54) is 27.3 Å². The number of aldehydes is 1. The van der Waals surface area contributed by atoms with Crippen molar-refractivity contribution in [2.45, 2.75) is 11.4 Å². The molecule has 0 atom stereocenters. The maximum Gasteiger partial charge on any atom is 0.150 e. The van der Waals surface area contributed by atoms with E-state index in [0.717, 1.165) is 44.6 Å². The lowest BCUT2D eigenvalue weighted by Crippen LogP contribution is -2.46. The van der Waals surface area contributed by atoms with Crippen LogP contribution in [0.25, 0.3) is 11.1 Å². The molecule has 0 spiro atoms. The lowest BCUT2D eigenvalue weighted by atomic mass is 9.99. The van der Waals surface area contributed by atoms with Crippen molar-refractivity contribution in [1.29, 1.82) is 0 Å². The molecule has 1 fully saturated rings. The highest BCUT2D eigenvalue weighted by Crippen LogP contribution is 2.27. The maximum atomic E-state index is 10.9. The molecule has 1 heterocycles. The Balaban J connectivity index is 1.42. The minimum Gasteiger partial charge on any atom is -0.369 e. The number of thioether (sulfide) groups is 1. The number of hydrogen-bond donors (Lipinski definition) is 0. The lowest BCUT2D eigenvalue weighted by molar-refractivity contribution is 0.112. The molecule has 3 aromatic carbocycles. The van der Waals surface area contributed by atoms with Gasteiger partial charge in [-0.25, -0.2) is 0 Å². The van der Waals surface area contributed by atoms with Crippen LogP contribution in [0.3, 0.4) is 0 Å². The first kappa shape index (κ1) is 19.7. The van der Waals surface area contributed by atoms with Crippen molar-refractivity contribution in [1.82, 2.24) is 4.90 Å². The summed E-state index contributed by atoms with van der Waals surface area (Å²) in [6.45, 7) is 5.05. The molecule has 3 nitrogen and oxygen atoms in total. The molecule has 4 rings (SSSR count). The van der Waals surface area contributed by atoms with Crippen molar-refractivity contribution in [2.75, 3.05) is 37.3 Å². The van der Waals surface area contributed by atoms with Crippen LogP contribution in [-0.2, 0) is 6.54 Å². The van der Waals surface area contributed by atoms with Gasteiger partial charge in [0.25, 0.3) is 0 Å². The zero-order valence-electron chi connectivity index (χ0n) is 16.8. The largest absolute Gasteiger partial charge is 0.369 e. The summed E-state index contributed by atoms with van der Waals surface area (Å²) in [5, 5.41) is 0. The third-order valence-corrected chi connectivity index (χ3v) is 6.32. The van der Waals surface area contributed by atoms with Crippen molar-refractivity contribution in [2.24, 2.45) is 0 Å². The number of anilines is 1. The number of rotatable bonds is 6. The van der Waals surface area contributed by atoms with Crippen molar-refractivity contribution in [3.63, 3.8) is 0 Å². The second kappa shape index (κ2) is 9.29. The average molecular weight is 403 g/mol. The molecule has 1 aliphatic rings. The molecule has 0 N–H and O–H groups in total. The van der Waals surface area contributed by atoms with Gasteiger partial charge in [0.1, 0.15) is 6.29 Å². The molecule has 0 aromatic heterocycles. The first-order valence-electron chi connectivity index (χ1n) is 10.0. The van der Waals surface area contributed by atoms with Gasteiger partial charge < -0.3 is 4.90 Å². The second-order valence-corrected chi connectivity index (χ2v) is 8.24. The number of benzene rings is 3. The molecule has 1 aliphatic heterocycles. The summed E-state index contributed by atoms with van der Waals surface area (Å²) in [4.78, 5) is 17.1.